The lowest BCUT2D eigenvalue weighted by Gasteiger charge is -2.24. The smallest absolute Gasteiger partial charge is 0.332 e. The van der Waals surface area contributed by atoms with Crippen LogP contribution in [-0.2, 0) is 34.4 Å². The Hall–Kier alpha value is -6.30. The molecular weight excluding hydrogens is 795 g/mol. The first-order valence-electron chi connectivity index (χ1n) is 20.3. The third kappa shape index (κ3) is 13.1. The van der Waals surface area contributed by atoms with E-state index in [-0.39, 0.29) is 50.2 Å². The van der Waals surface area contributed by atoms with Crippen molar-refractivity contribution in [2.75, 3.05) is 80.7 Å². The minimum atomic E-state index is -3.88. The van der Waals surface area contributed by atoms with Gasteiger partial charge in [0.15, 0.2) is 5.75 Å². The van der Waals surface area contributed by atoms with Crippen LogP contribution >= 0.6 is 0 Å². The Morgan fingerprint density at radius 3 is 2.25 bits per heavy atom. The number of hydrogen-bond acceptors (Lipinski definition) is 13. The van der Waals surface area contributed by atoms with Gasteiger partial charge in [-0.25, -0.2) is 23.0 Å². The number of fused-ring (bicyclic) bond motifs is 1. The highest BCUT2D eigenvalue weighted by Gasteiger charge is 2.23. The fourth-order valence-corrected chi connectivity index (χ4v) is 6.30. The molecule has 4 N–H and O–H groups in total. The molecule has 5 aromatic rings. The Kier molecular flexibility index (Phi) is 13.9. The van der Waals surface area contributed by atoms with Gasteiger partial charge < -0.3 is 49.1 Å². The van der Waals surface area contributed by atoms with Crippen LogP contribution in [0.5, 0.6) is 28.7 Å². The highest BCUT2D eigenvalue weighted by molar-refractivity contribution is 7.92. The van der Waals surface area contributed by atoms with Crippen molar-refractivity contribution in [3.05, 3.63) is 90.6 Å². The van der Waals surface area contributed by atoms with Gasteiger partial charge in [0.2, 0.25) is 10.0 Å². The molecule has 16 nitrogen and oxygen atoms in total. The molecule has 5 rings (SSSR count). The molecule has 0 aliphatic heterocycles. The molecular formula is C43H51N5O11S. The predicted octanol–water partition coefficient (Wildman–Crippen LogP) is 8.08. The van der Waals surface area contributed by atoms with Gasteiger partial charge in [-0.1, -0.05) is 45.0 Å². The Labute approximate surface area is 354 Å². The van der Waals surface area contributed by atoms with Crippen LogP contribution in [0.2, 0.25) is 0 Å². The second-order valence-electron chi connectivity index (χ2n) is 14.2. The normalized spacial score (nSPS) is 12.3. The number of esters is 1. The molecule has 2 amide bonds. The summed E-state index contributed by atoms with van der Waals surface area (Å²) in [5.74, 6) is 1.66. The summed E-state index contributed by atoms with van der Waals surface area (Å²) in [6, 6.07) is 21.6. The first-order chi connectivity index (χ1) is 29.8. The van der Waals surface area contributed by atoms with Crippen molar-refractivity contribution in [3.8, 4) is 28.7 Å². The lowest BCUT2D eigenvalue weighted by molar-refractivity contribution is -0.148. The topological polar surface area (TPSA) is 194 Å². The molecule has 1 aromatic heterocycles. The van der Waals surface area contributed by atoms with Crippen molar-refractivity contribution in [1.82, 2.24) is 4.98 Å². The van der Waals surface area contributed by atoms with Gasteiger partial charge in [0.1, 0.15) is 42.0 Å². The van der Waals surface area contributed by atoms with Gasteiger partial charge in [-0.2, -0.15) is 0 Å². The summed E-state index contributed by atoms with van der Waals surface area (Å²) in [4.78, 5) is 29.4. The quantitative estimate of drug-likeness (QED) is 0.0434. The number of urea groups is 1. The Balaban J connectivity index is 1.28. The second-order valence-corrected chi connectivity index (χ2v) is 15.9. The van der Waals surface area contributed by atoms with Crippen molar-refractivity contribution >= 4 is 61.4 Å². The second kappa shape index (κ2) is 20.6. The molecule has 0 fully saturated rings. The first kappa shape index (κ1) is 40.5. The van der Waals surface area contributed by atoms with E-state index in [0.29, 0.717) is 63.1 Å². The predicted molar refractivity (Wildman–Crippen MR) is 231 cm³/mol. The zero-order valence-electron chi connectivity index (χ0n) is 37.2. The number of sulfonamides is 1. The molecule has 17 heteroatoms. The van der Waals surface area contributed by atoms with Gasteiger partial charge in [-0.15, -0.1) is 0 Å². The highest BCUT2D eigenvalue weighted by Crippen LogP contribution is 2.40. The number of amides is 2. The zero-order chi connectivity index (χ0) is 45.8. The van der Waals surface area contributed by atoms with E-state index < -0.39 is 34.5 Å². The fraction of sp³-hybridized carbons (Fsp3) is 0.326. The monoisotopic (exact) mass is 848 g/mol. The van der Waals surface area contributed by atoms with Gasteiger partial charge in [-0.3, -0.25) is 4.72 Å². The number of carbonyl (C=O) groups is 2. The van der Waals surface area contributed by atoms with E-state index in [1.807, 2.05) is 32.9 Å². The van der Waals surface area contributed by atoms with Gasteiger partial charge in [0, 0.05) is 46.9 Å². The van der Waals surface area contributed by atoms with Crippen LogP contribution in [0.3, 0.4) is 0 Å². The summed E-state index contributed by atoms with van der Waals surface area (Å²) in [6.07, 6.45) is 2.51. The summed E-state index contributed by atoms with van der Waals surface area (Å²) in [5, 5.41) is 10.0. The first-order valence-corrected chi connectivity index (χ1v) is 20.7. The number of nitrogens with zero attached hydrogens (tertiary/aromatic N) is 1. The van der Waals surface area contributed by atoms with E-state index in [2.05, 4.69) is 25.7 Å². The Morgan fingerprint density at radius 2 is 1.52 bits per heavy atom. The maximum absolute atomic E-state index is 13.6. The molecule has 0 atom stereocenters. The highest BCUT2D eigenvalue weighted by atomic mass is 32.2. The number of aromatic nitrogens is 1. The van der Waals surface area contributed by atoms with Crippen molar-refractivity contribution in [2.24, 2.45) is 0 Å². The average molecular weight is 849 g/mol. The zero-order valence-corrected chi connectivity index (χ0v) is 35.0. The molecule has 1 heterocycles. The number of carbonyl (C=O) groups excluding carboxylic acids is 2. The van der Waals surface area contributed by atoms with Crippen molar-refractivity contribution < 1.29 is 55.3 Å². The number of pyridine rings is 1. The molecule has 0 unspecified atom stereocenters. The molecule has 0 saturated carbocycles. The van der Waals surface area contributed by atoms with Gasteiger partial charge >= 0.3 is 12.0 Å². The third-order valence-electron chi connectivity index (χ3n) is 8.47. The summed E-state index contributed by atoms with van der Waals surface area (Å²) < 4.78 is 88.6. The van der Waals surface area contributed by atoms with E-state index >= 15 is 0 Å². The minimum absolute atomic E-state index is 0.0659. The van der Waals surface area contributed by atoms with Crippen LogP contribution in [0.4, 0.5) is 33.4 Å². The summed E-state index contributed by atoms with van der Waals surface area (Å²) >= 11 is 0. The van der Waals surface area contributed by atoms with Crippen LogP contribution in [0.15, 0.2) is 85.1 Å². The maximum atomic E-state index is 13.6. The van der Waals surface area contributed by atoms with Crippen LogP contribution in [0, 0.1) is 0 Å². The maximum Gasteiger partial charge on any atom is 0.332 e. The lowest BCUT2D eigenvalue weighted by atomic mass is 9.86. The van der Waals surface area contributed by atoms with Gasteiger partial charge in [0.05, 0.1) is 68.0 Å². The van der Waals surface area contributed by atoms with Crippen molar-refractivity contribution in [3.63, 3.8) is 0 Å². The molecule has 0 aliphatic rings. The van der Waals surface area contributed by atoms with Crippen LogP contribution < -0.4 is 39.6 Å². The van der Waals surface area contributed by atoms with Crippen molar-refractivity contribution in [2.45, 2.75) is 33.1 Å². The molecule has 60 heavy (non-hydrogen) atoms. The number of rotatable bonds is 20. The van der Waals surface area contributed by atoms with E-state index in [4.69, 9.17) is 37.3 Å². The molecule has 4 aromatic carbocycles. The molecule has 0 spiro atoms. The SMILES string of the molecule is [2H]C([2H])([2H])Oc1c(NC(=O)Nc2ccc(Oc3ccnc(Nc4cc(OC)cc(OCCOCCOCC(=O)OCC)c4)c3)c3ccccc23)cc(C(C)(C)C)cc1NS(C)(=O)=O. The average Bonchev–Trinajstić information content (AvgIpc) is 3.19. The number of ether oxygens (including phenoxy) is 7. The largest absolute Gasteiger partial charge is 0.497 e. The molecule has 0 radical (unpaired) electrons. The van der Waals surface area contributed by atoms with Gasteiger partial charge in [-0.05, 0) is 48.2 Å². The van der Waals surface area contributed by atoms with Crippen molar-refractivity contribution in [1.29, 1.82) is 0 Å². The Morgan fingerprint density at radius 1 is 0.800 bits per heavy atom. The summed E-state index contributed by atoms with van der Waals surface area (Å²) in [5.41, 5.74) is 0.877. The summed E-state index contributed by atoms with van der Waals surface area (Å²) in [7, 11) is -5.31. The van der Waals surface area contributed by atoms with E-state index in [0.717, 1.165) is 6.26 Å². The fourth-order valence-electron chi connectivity index (χ4n) is 5.74. The van der Waals surface area contributed by atoms with Crippen LogP contribution in [0.1, 0.15) is 37.4 Å². The summed E-state index contributed by atoms with van der Waals surface area (Å²) in [6.45, 7) is 8.58. The minimum Gasteiger partial charge on any atom is -0.497 e. The number of anilines is 5. The molecule has 320 valence electrons. The molecule has 0 saturated heterocycles. The standard InChI is InChI=1S/C43H51N5O11S/c1-8-57-40(49)27-56-18-17-55-19-20-58-32-24-29(23-31(25-32)53-5)45-39-26-30(15-16-44-39)59-38-14-13-35(33-11-9-10-12-34(33)38)46-42(50)47-36-21-28(43(2,3)4)22-37(41(36)54-6)48-60(7,51)52/h9-16,21-26,48H,8,17-20,27H2,1-7H3,(H,44,45)(H2,46,47,50)/i6D3. The number of hydrogen-bond donors (Lipinski definition) is 4. The van der Waals surface area contributed by atoms with Gasteiger partial charge in [0.25, 0.3) is 0 Å². The van der Waals surface area contributed by atoms with E-state index in [1.54, 1.807) is 74.8 Å². The number of benzene rings is 4. The lowest BCUT2D eigenvalue weighted by Crippen LogP contribution is -2.22. The van der Waals surface area contributed by atoms with Crippen LogP contribution in [-0.4, -0.2) is 85.4 Å². The third-order valence-corrected chi connectivity index (χ3v) is 9.06. The molecule has 0 bridgehead atoms. The number of methoxy groups -OCH3 is 2. The number of nitrogens with one attached hydrogen (secondary N) is 4. The van der Waals surface area contributed by atoms with E-state index in [9.17, 15) is 18.0 Å². The van der Waals surface area contributed by atoms with Crippen LogP contribution in [0.25, 0.3) is 10.8 Å². The Bertz CT molecular complexity index is 2500. The van der Waals surface area contributed by atoms with E-state index in [1.165, 1.54) is 12.1 Å². The molecule has 0 aliphatic carbocycles.